The SMILES string of the molecule is Nc1ncc(S(=O)(=O)NCc2ccccc2-c2cncn2CCc2ccc(F)cc2)s1. The van der Waals surface area contributed by atoms with Crippen molar-refractivity contribution in [1.82, 2.24) is 19.3 Å². The smallest absolute Gasteiger partial charge is 0.252 e. The third-order valence-electron chi connectivity index (χ3n) is 4.78. The minimum absolute atomic E-state index is 0.0758. The van der Waals surface area contributed by atoms with E-state index >= 15 is 0 Å². The fourth-order valence-electron chi connectivity index (χ4n) is 3.19. The third kappa shape index (κ3) is 4.98. The highest BCUT2D eigenvalue weighted by atomic mass is 32.2. The minimum atomic E-state index is -3.71. The second-order valence-electron chi connectivity index (χ2n) is 6.85. The zero-order chi connectivity index (χ0) is 21.8. The predicted molar refractivity (Wildman–Crippen MR) is 118 cm³/mol. The van der Waals surface area contributed by atoms with Gasteiger partial charge >= 0.3 is 0 Å². The van der Waals surface area contributed by atoms with Gasteiger partial charge < -0.3 is 10.3 Å². The Morgan fingerprint density at radius 1 is 1.10 bits per heavy atom. The summed E-state index contributed by atoms with van der Waals surface area (Å²) in [5.41, 5.74) is 9.14. The maximum Gasteiger partial charge on any atom is 0.252 e. The van der Waals surface area contributed by atoms with Gasteiger partial charge in [-0.3, -0.25) is 0 Å². The van der Waals surface area contributed by atoms with Crippen molar-refractivity contribution in [3.05, 3.63) is 84.2 Å². The molecule has 0 aliphatic rings. The number of anilines is 1. The molecule has 4 aromatic rings. The number of halogens is 1. The maximum absolute atomic E-state index is 13.1. The fraction of sp³-hybridized carbons (Fsp3) is 0.143. The molecule has 0 radical (unpaired) electrons. The van der Waals surface area contributed by atoms with Gasteiger partial charge in [0.05, 0.1) is 24.4 Å². The highest BCUT2D eigenvalue weighted by Crippen LogP contribution is 2.25. The lowest BCUT2D eigenvalue weighted by molar-refractivity contribution is 0.583. The summed E-state index contributed by atoms with van der Waals surface area (Å²) in [5.74, 6) is -0.260. The van der Waals surface area contributed by atoms with Crippen molar-refractivity contribution in [1.29, 1.82) is 0 Å². The number of imidazole rings is 1. The molecule has 0 fully saturated rings. The number of nitrogens with one attached hydrogen (secondary N) is 1. The van der Waals surface area contributed by atoms with Crippen LogP contribution in [0, 0.1) is 5.82 Å². The Bertz CT molecular complexity index is 1280. The average Bonchev–Trinajstić information content (AvgIpc) is 3.41. The van der Waals surface area contributed by atoms with E-state index in [1.807, 2.05) is 28.8 Å². The molecule has 0 spiro atoms. The summed E-state index contributed by atoms with van der Waals surface area (Å²) in [6.07, 6.45) is 5.45. The monoisotopic (exact) mass is 457 g/mol. The minimum Gasteiger partial charge on any atom is -0.375 e. The number of aryl methyl sites for hydroxylation is 2. The molecule has 2 aromatic heterocycles. The van der Waals surface area contributed by atoms with Crippen LogP contribution in [0.3, 0.4) is 0 Å². The van der Waals surface area contributed by atoms with Crippen LogP contribution in [0.4, 0.5) is 9.52 Å². The molecule has 7 nitrogen and oxygen atoms in total. The second kappa shape index (κ2) is 8.96. The summed E-state index contributed by atoms with van der Waals surface area (Å²) in [6.45, 7) is 0.765. The molecular weight excluding hydrogens is 437 g/mol. The molecule has 0 unspecified atom stereocenters. The van der Waals surface area contributed by atoms with Gasteiger partial charge in [0.25, 0.3) is 10.0 Å². The van der Waals surface area contributed by atoms with E-state index < -0.39 is 10.0 Å². The van der Waals surface area contributed by atoms with Crippen molar-refractivity contribution in [2.75, 3.05) is 5.73 Å². The first-order valence-electron chi connectivity index (χ1n) is 9.46. The number of nitrogens with two attached hydrogens (primary N) is 1. The molecule has 10 heteroatoms. The first-order valence-corrected chi connectivity index (χ1v) is 11.8. The maximum atomic E-state index is 13.1. The van der Waals surface area contributed by atoms with Crippen molar-refractivity contribution < 1.29 is 12.8 Å². The molecule has 0 saturated carbocycles. The molecule has 4 rings (SSSR count). The molecule has 0 bridgehead atoms. The number of benzene rings is 2. The lowest BCUT2D eigenvalue weighted by Gasteiger charge is -2.13. The van der Waals surface area contributed by atoms with E-state index in [1.165, 1.54) is 18.3 Å². The van der Waals surface area contributed by atoms with E-state index in [-0.39, 0.29) is 21.7 Å². The number of rotatable bonds is 8. The summed E-state index contributed by atoms with van der Waals surface area (Å²) < 4.78 is 42.9. The summed E-state index contributed by atoms with van der Waals surface area (Å²) in [5, 5.41) is 0.200. The highest BCUT2D eigenvalue weighted by molar-refractivity contribution is 7.91. The van der Waals surface area contributed by atoms with Crippen molar-refractivity contribution >= 4 is 26.5 Å². The number of aromatic nitrogens is 3. The van der Waals surface area contributed by atoms with Crippen molar-refractivity contribution in [3.63, 3.8) is 0 Å². The van der Waals surface area contributed by atoms with Gasteiger partial charge in [-0.05, 0) is 29.7 Å². The van der Waals surface area contributed by atoms with Crippen LogP contribution in [0.25, 0.3) is 11.3 Å². The van der Waals surface area contributed by atoms with Crippen LogP contribution in [0.2, 0.25) is 0 Å². The van der Waals surface area contributed by atoms with Crippen LogP contribution in [0.5, 0.6) is 0 Å². The summed E-state index contributed by atoms with van der Waals surface area (Å²) in [6, 6.07) is 14.0. The summed E-state index contributed by atoms with van der Waals surface area (Å²) in [7, 11) is -3.71. The number of hydrogen-bond acceptors (Lipinski definition) is 6. The van der Waals surface area contributed by atoms with E-state index in [1.54, 1.807) is 24.7 Å². The Morgan fingerprint density at radius 2 is 1.87 bits per heavy atom. The number of nitrogens with zero attached hydrogens (tertiary/aromatic N) is 3. The lowest BCUT2D eigenvalue weighted by Crippen LogP contribution is -2.22. The highest BCUT2D eigenvalue weighted by Gasteiger charge is 2.18. The normalized spacial score (nSPS) is 11.6. The predicted octanol–water partition coefficient (Wildman–Crippen LogP) is 3.45. The van der Waals surface area contributed by atoms with Crippen LogP contribution in [0.1, 0.15) is 11.1 Å². The molecule has 0 aliphatic carbocycles. The third-order valence-corrected chi connectivity index (χ3v) is 7.47. The number of hydrogen-bond donors (Lipinski definition) is 2. The number of sulfonamides is 1. The quantitative estimate of drug-likeness (QED) is 0.422. The van der Waals surface area contributed by atoms with E-state index in [2.05, 4.69) is 14.7 Å². The summed E-state index contributed by atoms with van der Waals surface area (Å²) >= 11 is 0.918. The topological polar surface area (TPSA) is 103 Å². The van der Waals surface area contributed by atoms with Crippen molar-refractivity contribution in [2.45, 2.75) is 23.7 Å². The molecule has 2 aromatic carbocycles. The van der Waals surface area contributed by atoms with Gasteiger partial charge in [-0.25, -0.2) is 27.5 Å². The van der Waals surface area contributed by atoms with Crippen molar-refractivity contribution in [3.8, 4) is 11.3 Å². The van der Waals surface area contributed by atoms with Gasteiger partial charge in [-0.2, -0.15) is 0 Å². The van der Waals surface area contributed by atoms with Crippen LogP contribution < -0.4 is 10.5 Å². The van der Waals surface area contributed by atoms with Crippen molar-refractivity contribution in [2.24, 2.45) is 0 Å². The van der Waals surface area contributed by atoms with Gasteiger partial charge in [-0.1, -0.05) is 47.7 Å². The van der Waals surface area contributed by atoms with Gasteiger partial charge in [0.2, 0.25) is 0 Å². The Balaban J connectivity index is 1.52. The fourth-order valence-corrected chi connectivity index (χ4v) is 5.16. The molecule has 31 heavy (non-hydrogen) atoms. The molecule has 2 heterocycles. The van der Waals surface area contributed by atoms with Gasteiger partial charge in [0.15, 0.2) is 9.34 Å². The Labute approximate surface area is 183 Å². The van der Waals surface area contributed by atoms with Gasteiger partial charge in [0.1, 0.15) is 5.82 Å². The summed E-state index contributed by atoms with van der Waals surface area (Å²) in [4.78, 5) is 8.07. The largest absolute Gasteiger partial charge is 0.375 e. The Hall–Kier alpha value is -3.08. The van der Waals surface area contributed by atoms with Crippen LogP contribution in [0.15, 0.2) is 71.5 Å². The molecule has 0 atom stereocenters. The molecule has 0 amide bonds. The van der Waals surface area contributed by atoms with E-state index in [4.69, 9.17) is 5.73 Å². The van der Waals surface area contributed by atoms with Crippen LogP contribution >= 0.6 is 11.3 Å². The molecular formula is C21H20FN5O2S2. The molecule has 3 N–H and O–H groups in total. The lowest BCUT2D eigenvalue weighted by atomic mass is 10.0. The first kappa shape index (κ1) is 21.2. The van der Waals surface area contributed by atoms with E-state index in [0.717, 1.165) is 33.7 Å². The molecule has 160 valence electrons. The van der Waals surface area contributed by atoms with E-state index in [9.17, 15) is 12.8 Å². The second-order valence-corrected chi connectivity index (χ2v) is 9.90. The number of thiazole rings is 1. The number of nitrogen functional groups attached to an aromatic ring is 1. The average molecular weight is 458 g/mol. The van der Waals surface area contributed by atoms with Crippen LogP contribution in [-0.2, 0) is 29.5 Å². The molecule has 0 aliphatic heterocycles. The first-order chi connectivity index (χ1) is 14.9. The van der Waals surface area contributed by atoms with Crippen LogP contribution in [-0.4, -0.2) is 23.0 Å². The molecule has 0 saturated heterocycles. The Morgan fingerprint density at radius 3 is 2.61 bits per heavy atom. The van der Waals surface area contributed by atoms with E-state index in [0.29, 0.717) is 13.0 Å². The van der Waals surface area contributed by atoms with Gasteiger partial charge in [-0.15, -0.1) is 0 Å². The zero-order valence-electron chi connectivity index (χ0n) is 16.4. The zero-order valence-corrected chi connectivity index (χ0v) is 18.0. The standard InChI is InChI=1S/C21H20FN5O2S2/c22-17-7-5-15(6-8-17)9-10-27-14-24-12-19(27)18-4-2-1-3-16(18)11-26-31(28,29)20-13-25-21(23)30-20/h1-8,12-14,26H,9-11H2,(H2,23,25). The Kier molecular flexibility index (Phi) is 6.12. The van der Waals surface area contributed by atoms with Gasteiger partial charge in [0, 0.05) is 18.7 Å².